The highest BCUT2D eigenvalue weighted by molar-refractivity contribution is 5.86. The summed E-state index contributed by atoms with van der Waals surface area (Å²) in [6.07, 6.45) is 0.819. The molecule has 2 heterocycles. The Hall–Kier alpha value is -3.99. The molecule has 1 amide bonds. The number of fused-ring (bicyclic) bond motifs is 1. The third kappa shape index (κ3) is 4.52. The van der Waals surface area contributed by atoms with Crippen molar-refractivity contribution < 1.29 is 14.3 Å². The van der Waals surface area contributed by atoms with Crippen LogP contribution < -0.4 is 5.56 Å². The van der Waals surface area contributed by atoms with E-state index in [1.807, 2.05) is 36.4 Å². The van der Waals surface area contributed by atoms with E-state index in [1.54, 1.807) is 29.2 Å². The minimum absolute atomic E-state index is 0.0758. The van der Waals surface area contributed by atoms with E-state index in [2.05, 4.69) is 4.98 Å². The molecule has 8 heteroatoms. The van der Waals surface area contributed by atoms with Gasteiger partial charge in [0.1, 0.15) is 13.2 Å². The van der Waals surface area contributed by atoms with Gasteiger partial charge < -0.3 is 9.64 Å². The monoisotopic (exact) mass is 430 g/mol. The van der Waals surface area contributed by atoms with Gasteiger partial charge in [0.2, 0.25) is 5.91 Å². The molecule has 0 saturated carbocycles. The van der Waals surface area contributed by atoms with Crippen molar-refractivity contribution in [3.63, 3.8) is 0 Å². The Morgan fingerprint density at radius 2 is 1.88 bits per heavy atom. The summed E-state index contributed by atoms with van der Waals surface area (Å²) < 4.78 is 6.62. The second-order valence-corrected chi connectivity index (χ2v) is 7.68. The number of nitrogens with zero attached hydrogens (tertiary/aromatic N) is 4. The standard InChI is InChI=1S/C24H22N4O4/c25-11-13-28-21(26-20-9-5-4-8-19(20)23(28)30)16-32-24(31)18-14-22(29)27(15-18)12-10-17-6-2-1-3-7-17/h1-9,18H,10,12-16H2/t18-/m1/s1. The van der Waals surface area contributed by atoms with E-state index in [4.69, 9.17) is 10.00 Å². The normalized spacial score (nSPS) is 15.7. The van der Waals surface area contributed by atoms with Crippen LogP contribution in [0.25, 0.3) is 10.9 Å². The molecule has 0 radical (unpaired) electrons. The number of amides is 1. The predicted octanol–water partition coefficient (Wildman–Crippen LogP) is 2.05. The van der Waals surface area contributed by atoms with Gasteiger partial charge in [-0.2, -0.15) is 5.26 Å². The number of benzene rings is 2. The maximum absolute atomic E-state index is 12.7. The van der Waals surface area contributed by atoms with Gasteiger partial charge in [-0.3, -0.25) is 19.0 Å². The van der Waals surface area contributed by atoms with Gasteiger partial charge in [-0.05, 0) is 24.1 Å². The fourth-order valence-corrected chi connectivity index (χ4v) is 3.87. The van der Waals surface area contributed by atoms with Gasteiger partial charge in [0.05, 0.1) is 22.9 Å². The second-order valence-electron chi connectivity index (χ2n) is 7.68. The second kappa shape index (κ2) is 9.43. The van der Waals surface area contributed by atoms with E-state index in [0.29, 0.717) is 24.0 Å². The summed E-state index contributed by atoms with van der Waals surface area (Å²) in [5.41, 5.74) is 1.25. The highest BCUT2D eigenvalue weighted by Crippen LogP contribution is 2.20. The Balaban J connectivity index is 1.41. The summed E-state index contributed by atoms with van der Waals surface area (Å²) in [4.78, 5) is 43.7. The van der Waals surface area contributed by atoms with E-state index >= 15 is 0 Å². The largest absolute Gasteiger partial charge is 0.457 e. The lowest BCUT2D eigenvalue weighted by atomic mass is 10.1. The first-order valence-corrected chi connectivity index (χ1v) is 10.4. The molecule has 8 nitrogen and oxygen atoms in total. The summed E-state index contributed by atoms with van der Waals surface area (Å²) in [5, 5.41) is 9.49. The molecule has 0 spiro atoms. The van der Waals surface area contributed by atoms with Crippen LogP contribution >= 0.6 is 0 Å². The first-order chi connectivity index (χ1) is 15.6. The van der Waals surface area contributed by atoms with Gasteiger partial charge >= 0.3 is 5.97 Å². The molecular weight excluding hydrogens is 408 g/mol. The van der Waals surface area contributed by atoms with Gasteiger partial charge in [0, 0.05) is 19.5 Å². The fraction of sp³-hybridized carbons (Fsp3) is 0.292. The lowest BCUT2D eigenvalue weighted by Gasteiger charge is -2.16. The smallest absolute Gasteiger partial charge is 0.311 e. The Morgan fingerprint density at radius 1 is 1.12 bits per heavy atom. The van der Waals surface area contributed by atoms with Crippen LogP contribution in [-0.2, 0) is 33.9 Å². The number of rotatable bonds is 7. The van der Waals surface area contributed by atoms with Crippen molar-refractivity contribution >= 4 is 22.8 Å². The number of esters is 1. The van der Waals surface area contributed by atoms with E-state index in [9.17, 15) is 14.4 Å². The van der Waals surface area contributed by atoms with E-state index in [1.165, 1.54) is 4.57 Å². The number of aromatic nitrogens is 2. The summed E-state index contributed by atoms with van der Waals surface area (Å²) in [5.74, 6) is -0.941. The molecule has 0 N–H and O–H groups in total. The van der Waals surface area contributed by atoms with Crippen LogP contribution in [0.1, 0.15) is 17.8 Å². The Labute approximate surface area is 184 Å². The van der Waals surface area contributed by atoms with E-state index < -0.39 is 11.9 Å². The average molecular weight is 430 g/mol. The van der Waals surface area contributed by atoms with Crippen LogP contribution in [0.15, 0.2) is 59.4 Å². The third-order valence-electron chi connectivity index (χ3n) is 5.57. The zero-order valence-electron chi connectivity index (χ0n) is 17.4. The van der Waals surface area contributed by atoms with Crippen molar-refractivity contribution in [2.24, 2.45) is 5.92 Å². The molecular formula is C24H22N4O4. The Bertz CT molecular complexity index is 1250. The molecule has 162 valence electrons. The van der Waals surface area contributed by atoms with Crippen molar-refractivity contribution in [2.45, 2.75) is 26.0 Å². The number of carbonyl (C=O) groups excluding carboxylic acids is 2. The number of para-hydroxylation sites is 1. The molecule has 32 heavy (non-hydrogen) atoms. The zero-order valence-corrected chi connectivity index (χ0v) is 17.4. The molecule has 1 aliphatic heterocycles. The van der Waals surface area contributed by atoms with Crippen LogP contribution in [0.5, 0.6) is 0 Å². The molecule has 1 saturated heterocycles. The average Bonchev–Trinajstić information content (AvgIpc) is 3.19. The molecule has 4 rings (SSSR count). The Morgan fingerprint density at radius 3 is 2.66 bits per heavy atom. The van der Waals surface area contributed by atoms with Gasteiger partial charge in [-0.15, -0.1) is 0 Å². The van der Waals surface area contributed by atoms with Crippen molar-refractivity contribution in [1.82, 2.24) is 14.5 Å². The molecule has 0 unspecified atom stereocenters. The topological polar surface area (TPSA) is 105 Å². The zero-order chi connectivity index (χ0) is 22.5. The van der Waals surface area contributed by atoms with Gasteiger partial charge in [-0.1, -0.05) is 42.5 Å². The van der Waals surface area contributed by atoms with Crippen molar-refractivity contribution in [3.8, 4) is 6.07 Å². The maximum atomic E-state index is 12.7. The molecule has 0 aliphatic carbocycles. The van der Waals surface area contributed by atoms with Crippen molar-refractivity contribution in [1.29, 1.82) is 5.26 Å². The molecule has 1 fully saturated rings. The number of carbonyl (C=O) groups is 2. The number of hydrogen-bond donors (Lipinski definition) is 0. The van der Waals surface area contributed by atoms with E-state index in [0.717, 1.165) is 12.0 Å². The summed E-state index contributed by atoms with van der Waals surface area (Å²) in [6.45, 7) is 0.412. The van der Waals surface area contributed by atoms with Crippen LogP contribution in [0.3, 0.4) is 0 Å². The number of nitriles is 1. The summed E-state index contributed by atoms with van der Waals surface area (Å²) in [7, 11) is 0. The molecule has 3 aromatic rings. The van der Waals surface area contributed by atoms with Crippen LogP contribution in [-0.4, -0.2) is 39.4 Å². The highest BCUT2D eigenvalue weighted by Gasteiger charge is 2.35. The predicted molar refractivity (Wildman–Crippen MR) is 116 cm³/mol. The highest BCUT2D eigenvalue weighted by atomic mass is 16.5. The molecule has 0 bridgehead atoms. The molecule has 1 aliphatic rings. The lowest BCUT2D eigenvalue weighted by molar-refractivity contribution is -0.150. The van der Waals surface area contributed by atoms with Crippen molar-refractivity contribution in [3.05, 3.63) is 76.3 Å². The maximum Gasteiger partial charge on any atom is 0.311 e. The summed E-state index contributed by atoms with van der Waals surface area (Å²) >= 11 is 0. The SMILES string of the molecule is N#CCn1c(COC(=O)[C@@H]2CC(=O)N(CCc3ccccc3)C2)nc2ccccc2c1=O. The molecule has 1 atom stereocenters. The van der Waals surface area contributed by atoms with Gasteiger partial charge in [-0.25, -0.2) is 4.98 Å². The quantitative estimate of drug-likeness (QED) is 0.531. The number of likely N-dealkylation sites (tertiary alicyclic amines) is 1. The van der Waals surface area contributed by atoms with E-state index in [-0.39, 0.29) is 36.9 Å². The van der Waals surface area contributed by atoms with Gasteiger partial charge in [0.15, 0.2) is 5.82 Å². The Kier molecular flexibility index (Phi) is 6.26. The van der Waals surface area contributed by atoms with Gasteiger partial charge in [0.25, 0.3) is 5.56 Å². The lowest BCUT2D eigenvalue weighted by Crippen LogP contribution is -2.29. The molecule has 2 aromatic carbocycles. The van der Waals surface area contributed by atoms with Crippen LogP contribution in [0.4, 0.5) is 0 Å². The number of hydrogen-bond acceptors (Lipinski definition) is 6. The minimum atomic E-state index is -0.560. The first-order valence-electron chi connectivity index (χ1n) is 10.4. The fourth-order valence-electron chi connectivity index (χ4n) is 3.87. The molecule has 1 aromatic heterocycles. The first kappa shape index (κ1) is 21.2. The minimum Gasteiger partial charge on any atom is -0.457 e. The number of ether oxygens (including phenoxy) is 1. The summed E-state index contributed by atoms with van der Waals surface area (Å²) in [6, 6.07) is 18.6. The van der Waals surface area contributed by atoms with Crippen LogP contribution in [0.2, 0.25) is 0 Å². The van der Waals surface area contributed by atoms with Crippen LogP contribution in [0, 0.1) is 17.2 Å². The van der Waals surface area contributed by atoms with Crippen molar-refractivity contribution in [2.75, 3.05) is 13.1 Å². The third-order valence-corrected chi connectivity index (χ3v) is 5.57.